The molecule has 1 aromatic rings. The Balaban J connectivity index is 1.34. The molecule has 5 aliphatic rings. The predicted octanol–water partition coefficient (Wildman–Crippen LogP) is 4.00. The third kappa shape index (κ3) is 3.71. The summed E-state index contributed by atoms with van der Waals surface area (Å²) in [6, 6.07) is 5.39. The van der Waals surface area contributed by atoms with Gasteiger partial charge in [0.05, 0.1) is 20.6 Å². The van der Waals surface area contributed by atoms with Gasteiger partial charge in [0.1, 0.15) is 0 Å². The van der Waals surface area contributed by atoms with Crippen molar-refractivity contribution in [2.45, 2.75) is 76.8 Å². The average Bonchev–Trinajstić information content (AvgIpc) is 3.03. The molecule has 0 unspecified atom stereocenters. The lowest BCUT2D eigenvalue weighted by molar-refractivity contribution is -0.576. The number of fused-ring (bicyclic) bond motifs is 2. The zero-order valence-electron chi connectivity index (χ0n) is 20.0. The van der Waals surface area contributed by atoms with Crippen LogP contribution in [0, 0.1) is 23.7 Å². The van der Waals surface area contributed by atoms with Crippen molar-refractivity contribution in [1.82, 2.24) is 0 Å². The third-order valence-corrected chi connectivity index (χ3v) is 8.14. The topological polar surface area (TPSA) is 81.7 Å². The number of hydrogen-bond donors (Lipinski definition) is 0. The molecule has 0 radical (unpaired) electrons. The SMILES string of the molecule is COc1ccc(CC(=O)O[C@@H]2O[C@@H]3O[C@@]4(C)CC[C@H]5[C@H](C)CC[C@@H]([C@H]2C)[C@@]35OO4)cc1OC. The van der Waals surface area contributed by atoms with Gasteiger partial charge in [-0.15, -0.1) is 0 Å². The molecule has 182 valence electrons. The Morgan fingerprint density at radius 1 is 1.06 bits per heavy atom. The summed E-state index contributed by atoms with van der Waals surface area (Å²) in [5.74, 6) is 0.779. The number of rotatable bonds is 5. The molecule has 1 aliphatic carbocycles. The van der Waals surface area contributed by atoms with Crippen LogP contribution >= 0.6 is 0 Å². The molecule has 5 fully saturated rings. The minimum Gasteiger partial charge on any atom is -0.493 e. The van der Waals surface area contributed by atoms with E-state index in [1.807, 2.05) is 13.0 Å². The smallest absolute Gasteiger partial charge is 0.312 e. The summed E-state index contributed by atoms with van der Waals surface area (Å²) in [6.45, 7) is 6.23. The lowest BCUT2D eigenvalue weighted by Crippen LogP contribution is -2.70. The van der Waals surface area contributed by atoms with Crippen LogP contribution in [0.5, 0.6) is 11.5 Å². The number of carbonyl (C=O) groups excluding carboxylic acids is 1. The van der Waals surface area contributed by atoms with Gasteiger partial charge in [0, 0.05) is 18.3 Å². The maximum atomic E-state index is 12.9. The van der Waals surface area contributed by atoms with Crippen molar-refractivity contribution in [2.75, 3.05) is 14.2 Å². The molecule has 4 saturated heterocycles. The monoisotopic (exact) mass is 462 g/mol. The number of esters is 1. The first-order chi connectivity index (χ1) is 15.8. The van der Waals surface area contributed by atoms with Gasteiger partial charge < -0.3 is 23.7 Å². The van der Waals surface area contributed by atoms with E-state index in [1.165, 1.54) is 0 Å². The van der Waals surface area contributed by atoms with Gasteiger partial charge in [-0.2, -0.15) is 0 Å². The van der Waals surface area contributed by atoms with Crippen LogP contribution in [0.3, 0.4) is 0 Å². The van der Waals surface area contributed by atoms with E-state index < -0.39 is 24.0 Å². The van der Waals surface area contributed by atoms with Gasteiger partial charge in [-0.25, -0.2) is 9.78 Å². The van der Waals surface area contributed by atoms with E-state index in [0.29, 0.717) is 17.4 Å². The molecule has 8 atom stereocenters. The fourth-order valence-corrected chi connectivity index (χ4v) is 6.34. The summed E-state index contributed by atoms with van der Waals surface area (Å²) < 4.78 is 29.1. The molecule has 0 aromatic heterocycles. The maximum Gasteiger partial charge on any atom is 0.312 e. The van der Waals surface area contributed by atoms with Gasteiger partial charge in [0.2, 0.25) is 12.1 Å². The third-order valence-electron chi connectivity index (χ3n) is 8.14. The molecule has 0 N–H and O–H groups in total. The first-order valence-corrected chi connectivity index (χ1v) is 11.9. The van der Waals surface area contributed by atoms with E-state index in [2.05, 4.69) is 13.8 Å². The first kappa shape index (κ1) is 22.9. The largest absolute Gasteiger partial charge is 0.493 e. The lowest BCUT2D eigenvalue weighted by atomic mass is 9.58. The van der Waals surface area contributed by atoms with E-state index in [1.54, 1.807) is 26.4 Å². The van der Waals surface area contributed by atoms with Crippen LogP contribution < -0.4 is 9.47 Å². The zero-order chi connectivity index (χ0) is 23.4. The molecule has 1 aromatic carbocycles. The molecular formula is C25H34O8. The van der Waals surface area contributed by atoms with Crippen molar-refractivity contribution in [1.29, 1.82) is 0 Å². The minimum atomic E-state index is -0.855. The van der Waals surface area contributed by atoms with Crippen molar-refractivity contribution < 1.29 is 38.3 Å². The molecule has 8 heteroatoms. The summed E-state index contributed by atoms with van der Waals surface area (Å²) in [5, 5.41) is 0. The highest BCUT2D eigenvalue weighted by Crippen LogP contribution is 2.60. The number of benzene rings is 1. The van der Waals surface area contributed by atoms with Crippen molar-refractivity contribution in [3.8, 4) is 11.5 Å². The van der Waals surface area contributed by atoms with E-state index in [-0.39, 0.29) is 30.1 Å². The average molecular weight is 463 g/mol. The predicted molar refractivity (Wildman–Crippen MR) is 116 cm³/mol. The Labute approximate surface area is 194 Å². The van der Waals surface area contributed by atoms with Crippen LogP contribution in [0.15, 0.2) is 18.2 Å². The molecule has 4 aliphatic heterocycles. The summed E-state index contributed by atoms with van der Waals surface area (Å²) in [5.41, 5.74) is 0.109. The first-order valence-electron chi connectivity index (χ1n) is 11.9. The molecule has 1 saturated carbocycles. The Kier molecular flexibility index (Phi) is 5.84. The van der Waals surface area contributed by atoms with Gasteiger partial charge >= 0.3 is 5.97 Å². The summed E-state index contributed by atoms with van der Waals surface area (Å²) >= 11 is 0. The Hall–Kier alpha value is -1.87. The van der Waals surface area contributed by atoms with Crippen molar-refractivity contribution in [3.05, 3.63) is 23.8 Å². The summed E-state index contributed by atoms with van der Waals surface area (Å²) in [7, 11) is 3.15. The van der Waals surface area contributed by atoms with Crippen molar-refractivity contribution >= 4 is 5.97 Å². The second kappa shape index (κ2) is 8.41. The second-order valence-electron chi connectivity index (χ2n) is 10.1. The molecule has 6 rings (SSSR count). The number of hydrogen-bond acceptors (Lipinski definition) is 8. The molecule has 4 heterocycles. The van der Waals surface area contributed by atoms with Crippen LogP contribution in [-0.4, -0.2) is 44.2 Å². The fourth-order valence-electron chi connectivity index (χ4n) is 6.34. The fraction of sp³-hybridized carbons (Fsp3) is 0.720. The molecule has 33 heavy (non-hydrogen) atoms. The molecule has 8 nitrogen and oxygen atoms in total. The normalized spacial score (nSPS) is 41.6. The number of carbonyl (C=O) groups is 1. The molecular weight excluding hydrogens is 428 g/mol. The van der Waals surface area contributed by atoms with Crippen molar-refractivity contribution in [2.24, 2.45) is 23.7 Å². The van der Waals surface area contributed by atoms with Crippen LogP contribution in [0.1, 0.15) is 52.0 Å². The van der Waals surface area contributed by atoms with Crippen LogP contribution in [0.2, 0.25) is 0 Å². The highest BCUT2D eigenvalue weighted by molar-refractivity contribution is 5.73. The van der Waals surface area contributed by atoms with E-state index >= 15 is 0 Å². The minimum absolute atomic E-state index is 0.0553. The Morgan fingerprint density at radius 3 is 2.61 bits per heavy atom. The van der Waals surface area contributed by atoms with E-state index in [0.717, 1.165) is 31.2 Å². The standard InChI is InChI=1S/C25H34O8/c1-14-6-8-18-15(2)22(29-21(26)13-16-7-9-19(27-4)20(12-16)28-5)30-23-25(18)17(14)10-11-24(3,31-23)32-33-25/h7,9,12,14-15,17-18,22-23H,6,8,10-11,13H2,1-5H3/t14-,15-,17+,18+,22-,23-,24-,25-/m1/s1. The van der Waals surface area contributed by atoms with Gasteiger partial charge in [0.15, 0.2) is 23.4 Å². The molecule has 0 amide bonds. The molecule has 1 spiro atoms. The Morgan fingerprint density at radius 2 is 1.85 bits per heavy atom. The zero-order valence-corrected chi connectivity index (χ0v) is 20.0. The number of ether oxygens (including phenoxy) is 5. The lowest BCUT2D eigenvalue weighted by Gasteiger charge is -2.59. The van der Waals surface area contributed by atoms with Crippen LogP contribution in [0.25, 0.3) is 0 Å². The summed E-state index contributed by atoms with van der Waals surface area (Å²) in [4.78, 5) is 24.9. The van der Waals surface area contributed by atoms with Crippen LogP contribution in [-0.2, 0) is 35.2 Å². The number of methoxy groups -OCH3 is 2. The second-order valence-corrected chi connectivity index (χ2v) is 10.1. The Bertz CT molecular complexity index is 904. The van der Waals surface area contributed by atoms with E-state index in [9.17, 15) is 4.79 Å². The van der Waals surface area contributed by atoms with Gasteiger partial charge in [-0.1, -0.05) is 19.9 Å². The van der Waals surface area contributed by atoms with Gasteiger partial charge in [0.25, 0.3) is 0 Å². The maximum absolute atomic E-state index is 12.9. The molecule has 2 bridgehead atoms. The van der Waals surface area contributed by atoms with Crippen molar-refractivity contribution in [3.63, 3.8) is 0 Å². The van der Waals surface area contributed by atoms with Gasteiger partial charge in [-0.3, -0.25) is 4.79 Å². The van der Waals surface area contributed by atoms with Gasteiger partial charge in [-0.05, 0) is 55.7 Å². The van der Waals surface area contributed by atoms with Crippen LogP contribution in [0.4, 0.5) is 0 Å². The van der Waals surface area contributed by atoms with E-state index in [4.69, 9.17) is 33.5 Å². The highest BCUT2D eigenvalue weighted by Gasteiger charge is 2.69. The highest BCUT2D eigenvalue weighted by atomic mass is 17.3. The summed E-state index contributed by atoms with van der Waals surface area (Å²) in [6.07, 6.45) is 2.52. The quantitative estimate of drug-likeness (QED) is 0.480.